The molecule has 2 nitrogen and oxygen atoms in total. The molecular weight excluding hydrogens is 182 g/mol. The van der Waals surface area contributed by atoms with E-state index in [0.717, 1.165) is 15.9 Å². The third-order valence-electron chi connectivity index (χ3n) is 1.30. The number of para-hydroxylation sites is 1. The van der Waals surface area contributed by atoms with Crippen molar-refractivity contribution in [2.45, 2.75) is 4.90 Å². The summed E-state index contributed by atoms with van der Waals surface area (Å²) in [4.78, 5) is 0.842. The summed E-state index contributed by atoms with van der Waals surface area (Å²) in [7, 11) is 8.24. The third-order valence-corrected chi connectivity index (χ3v) is 2.28. The standard InChI is InChI=1S/C7H8ClNOS/c1-10-7-5(9)3-2-4-6(7)11-8/h2-4H,9H2,1H3. The van der Waals surface area contributed by atoms with Gasteiger partial charge in [0.25, 0.3) is 0 Å². The molecule has 0 aliphatic rings. The van der Waals surface area contributed by atoms with Crippen LogP contribution in [-0.2, 0) is 0 Å². The fourth-order valence-corrected chi connectivity index (χ4v) is 1.58. The molecule has 1 aromatic rings. The third kappa shape index (κ3) is 1.73. The number of anilines is 1. The second kappa shape index (κ2) is 3.74. The SMILES string of the molecule is COc1c(N)cccc1SCl. The van der Waals surface area contributed by atoms with Gasteiger partial charge in [0.1, 0.15) is 0 Å². The molecule has 11 heavy (non-hydrogen) atoms. The van der Waals surface area contributed by atoms with E-state index in [1.807, 2.05) is 12.1 Å². The van der Waals surface area contributed by atoms with Gasteiger partial charge in [0.2, 0.25) is 0 Å². The van der Waals surface area contributed by atoms with Crippen LogP contribution in [0, 0.1) is 0 Å². The minimum absolute atomic E-state index is 0.609. The second-order valence-corrected chi connectivity index (χ2v) is 3.01. The number of nitrogen functional groups attached to an aromatic ring is 1. The Labute approximate surface area is 74.2 Å². The van der Waals surface area contributed by atoms with Gasteiger partial charge in [-0.25, -0.2) is 0 Å². The molecule has 0 aliphatic carbocycles. The highest BCUT2D eigenvalue weighted by atomic mass is 35.7. The van der Waals surface area contributed by atoms with E-state index in [9.17, 15) is 0 Å². The maximum atomic E-state index is 5.61. The summed E-state index contributed by atoms with van der Waals surface area (Å²) in [5.41, 5.74) is 6.22. The predicted octanol–water partition coefficient (Wildman–Crippen LogP) is 2.52. The quantitative estimate of drug-likeness (QED) is 0.727. The van der Waals surface area contributed by atoms with Crippen LogP contribution >= 0.6 is 21.7 Å². The van der Waals surface area contributed by atoms with Crippen LogP contribution in [0.3, 0.4) is 0 Å². The first kappa shape index (κ1) is 8.56. The molecular formula is C7H8ClNOS. The van der Waals surface area contributed by atoms with Crippen molar-refractivity contribution in [3.8, 4) is 5.75 Å². The molecule has 0 bridgehead atoms. The monoisotopic (exact) mass is 189 g/mol. The highest BCUT2D eigenvalue weighted by Gasteiger charge is 2.04. The van der Waals surface area contributed by atoms with Crippen LogP contribution < -0.4 is 10.5 Å². The average Bonchev–Trinajstić information content (AvgIpc) is 2.04. The van der Waals surface area contributed by atoms with Crippen LogP contribution in [0.4, 0.5) is 5.69 Å². The van der Waals surface area contributed by atoms with Gasteiger partial charge in [-0.3, -0.25) is 0 Å². The summed E-state index contributed by atoms with van der Waals surface area (Å²) < 4.78 is 5.04. The zero-order chi connectivity index (χ0) is 8.27. The molecule has 0 aromatic heterocycles. The van der Waals surface area contributed by atoms with Crippen LogP contribution in [0.15, 0.2) is 23.1 Å². The molecule has 0 spiro atoms. The second-order valence-electron chi connectivity index (χ2n) is 1.96. The molecule has 0 saturated carbocycles. The Kier molecular flexibility index (Phi) is 2.91. The maximum absolute atomic E-state index is 5.61. The van der Waals surface area contributed by atoms with Gasteiger partial charge in [-0.05, 0) is 33.8 Å². The zero-order valence-electron chi connectivity index (χ0n) is 6.00. The lowest BCUT2D eigenvalue weighted by molar-refractivity contribution is 0.407. The van der Waals surface area contributed by atoms with Gasteiger partial charge in [0, 0.05) is 0 Å². The minimum atomic E-state index is 0.609. The van der Waals surface area contributed by atoms with Crippen molar-refractivity contribution in [2.24, 2.45) is 0 Å². The van der Waals surface area contributed by atoms with Crippen LogP contribution in [0.25, 0.3) is 0 Å². The number of nitrogens with two attached hydrogens (primary N) is 1. The van der Waals surface area contributed by atoms with E-state index >= 15 is 0 Å². The number of methoxy groups -OCH3 is 1. The van der Waals surface area contributed by atoms with Gasteiger partial charge in [-0.15, -0.1) is 0 Å². The first-order chi connectivity index (χ1) is 5.29. The van der Waals surface area contributed by atoms with Gasteiger partial charge >= 0.3 is 0 Å². The summed E-state index contributed by atoms with van der Waals surface area (Å²) in [6.07, 6.45) is 0. The van der Waals surface area contributed by atoms with E-state index in [1.54, 1.807) is 13.2 Å². The van der Waals surface area contributed by atoms with Crippen LogP contribution in [0.5, 0.6) is 5.75 Å². The van der Waals surface area contributed by atoms with Crippen LogP contribution in [0.2, 0.25) is 0 Å². The van der Waals surface area contributed by atoms with Crippen molar-refractivity contribution in [2.75, 3.05) is 12.8 Å². The minimum Gasteiger partial charge on any atom is -0.493 e. The summed E-state index contributed by atoms with van der Waals surface area (Å²) in [5.74, 6) is 0.646. The van der Waals surface area contributed by atoms with Gasteiger partial charge in [0.05, 0.1) is 17.7 Å². The van der Waals surface area contributed by atoms with Crippen LogP contribution in [-0.4, -0.2) is 7.11 Å². The Bertz CT molecular complexity index is 254. The van der Waals surface area contributed by atoms with Crippen molar-refractivity contribution in [1.82, 2.24) is 0 Å². The fourth-order valence-electron chi connectivity index (χ4n) is 0.812. The largest absolute Gasteiger partial charge is 0.493 e. The molecule has 0 heterocycles. The number of rotatable bonds is 2. The van der Waals surface area contributed by atoms with E-state index in [1.165, 1.54) is 0 Å². The summed E-state index contributed by atoms with van der Waals surface area (Å²) >= 11 is 0. The smallest absolute Gasteiger partial charge is 0.156 e. The van der Waals surface area contributed by atoms with Crippen molar-refractivity contribution in [1.29, 1.82) is 0 Å². The summed E-state index contributed by atoms with van der Waals surface area (Å²) in [6, 6.07) is 5.46. The molecule has 0 atom stereocenters. The van der Waals surface area contributed by atoms with E-state index in [2.05, 4.69) is 0 Å². The van der Waals surface area contributed by atoms with Crippen molar-refractivity contribution in [3.05, 3.63) is 18.2 Å². The molecule has 1 aromatic carbocycles. The Balaban J connectivity index is 3.13. The fraction of sp³-hybridized carbons (Fsp3) is 0.143. The Morgan fingerprint density at radius 3 is 2.73 bits per heavy atom. The molecule has 0 radical (unpaired) electrons. The van der Waals surface area contributed by atoms with Gasteiger partial charge in [-0.2, -0.15) is 0 Å². The molecule has 0 saturated heterocycles. The Hall–Kier alpha value is -0.540. The first-order valence-corrected chi connectivity index (χ1v) is 4.65. The lowest BCUT2D eigenvalue weighted by Gasteiger charge is -2.06. The number of ether oxygens (including phenoxy) is 1. The Morgan fingerprint density at radius 1 is 1.55 bits per heavy atom. The summed E-state index contributed by atoms with van der Waals surface area (Å²) in [5, 5.41) is 0. The molecule has 0 amide bonds. The molecule has 60 valence electrons. The molecule has 0 aliphatic heterocycles. The lowest BCUT2D eigenvalue weighted by atomic mass is 10.3. The Morgan fingerprint density at radius 2 is 2.27 bits per heavy atom. The molecule has 4 heteroatoms. The van der Waals surface area contributed by atoms with E-state index < -0.39 is 0 Å². The number of halogens is 1. The molecule has 0 unspecified atom stereocenters. The van der Waals surface area contributed by atoms with Crippen molar-refractivity contribution < 1.29 is 4.74 Å². The number of benzene rings is 1. The number of hydrogen-bond donors (Lipinski definition) is 1. The van der Waals surface area contributed by atoms with E-state index in [0.29, 0.717) is 11.4 Å². The maximum Gasteiger partial charge on any atom is 0.156 e. The van der Waals surface area contributed by atoms with Gasteiger partial charge in [-0.1, -0.05) is 6.07 Å². The lowest BCUT2D eigenvalue weighted by Crippen LogP contribution is -1.92. The topological polar surface area (TPSA) is 35.2 Å². The number of hydrogen-bond acceptors (Lipinski definition) is 3. The molecule has 1 rings (SSSR count). The van der Waals surface area contributed by atoms with E-state index in [-0.39, 0.29) is 0 Å². The van der Waals surface area contributed by atoms with Gasteiger partial charge < -0.3 is 10.5 Å². The van der Waals surface area contributed by atoms with Crippen LogP contribution in [0.1, 0.15) is 0 Å². The zero-order valence-corrected chi connectivity index (χ0v) is 7.58. The average molecular weight is 190 g/mol. The highest BCUT2D eigenvalue weighted by molar-refractivity contribution is 8.21. The highest BCUT2D eigenvalue weighted by Crippen LogP contribution is 2.35. The first-order valence-electron chi connectivity index (χ1n) is 3.00. The normalized spacial score (nSPS) is 9.64. The summed E-state index contributed by atoms with van der Waals surface area (Å²) in [6.45, 7) is 0. The van der Waals surface area contributed by atoms with E-state index in [4.69, 9.17) is 21.2 Å². The molecule has 0 fully saturated rings. The van der Waals surface area contributed by atoms with Crippen molar-refractivity contribution >= 4 is 27.3 Å². The molecule has 2 N–H and O–H groups in total. The van der Waals surface area contributed by atoms with Gasteiger partial charge in [0.15, 0.2) is 5.75 Å². The van der Waals surface area contributed by atoms with Crippen molar-refractivity contribution in [3.63, 3.8) is 0 Å². The predicted molar refractivity (Wildman–Crippen MR) is 49.1 cm³/mol.